The second-order valence-corrected chi connectivity index (χ2v) is 5.88. The molecule has 0 saturated carbocycles. The molecule has 2 aromatic heterocycles. The molecule has 1 saturated heterocycles. The van der Waals surface area contributed by atoms with Gasteiger partial charge in [0.05, 0.1) is 0 Å². The minimum absolute atomic E-state index is 0.0663. The van der Waals surface area contributed by atoms with Gasteiger partial charge in [-0.2, -0.15) is 4.98 Å². The van der Waals surface area contributed by atoms with Gasteiger partial charge in [0.15, 0.2) is 0 Å². The number of nitrogen functional groups attached to an aromatic ring is 1. The van der Waals surface area contributed by atoms with Crippen LogP contribution in [0.1, 0.15) is 23.0 Å². The molecule has 0 bridgehead atoms. The number of nitrogens with one attached hydrogen (secondary N) is 2. The quantitative estimate of drug-likeness (QED) is 0.693. The van der Waals surface area contributed by atoms with Gasteiger partial charge in [-0.15, -0.1) is 0 Å². The summed E-state index contributed by atoms with van der Waals surface area (Å²) in [6, 6.07) is 4.43. The molecule has 132 valence electrons. The van der Waals surface area contributed by atoms with Crippen LogP contribution >= 0.6 is 0 Å². The fourth-order valence-corrected chi connectivity index (χ4v) is 2.86. The molecule has 9 nitrogen and oxygen atoms in total. The van der Waals surface area contributed by atoms with Gasteiger partial charge in [-0.25, -0.2) is 0 Å². The van der Waals surface area contributed by atoms with E-state index in [0.29, 0.717) is 44.0 Å². The number of nitrogens with two attached hydrogens (primary N) is 1. The number of rotatable bonds is 3. The first kappa shape index (κ1) is 16.7. The highest BCUT2D eigenvalue weighted by Gasteiger charge is 2.23. The fourth-order valence-electron chi connectivity index (χ4n) is 2.86. The van der Waals surface area contributed by atoms with Gasteiger partial charge >= 0.3 is 0 Å². The van der Waals surface area contributed by atoms with Crippen LogP contribution in [0.3, 0.4) is 0 Å². The van der Waals surface area contributed by atoms with Crippen LogP contribution in [0.4, 0.5) is 11.8 Å². The molecule has 3 rings (SSSR count). The predicted octanol–water partition coefficient (Wildman–Crippen LogP) is -0.435. The van der Waals surface area contributed by atoms with Crippen LogP contribution in [-0.4, -0.2) is 51.9 Å². The van der Waals surface area contributed by atoms with Gasteiger partial charge in [0.1, 0.15) is 5.82 Å². The van der Waals surface area contributed by atoms with Crippen molar-refractivity contribution in [3.05, 3.63) is 50.2 Å². The minimum atomic E-state index is -0.309. The third-order valence-corrected chi connectivity index (χ3v) is 4.17. The number of hydrogen-bond acceptors (Lipinski definition) is 6. The molecule has 25 heavy (non-hydrogen) atoms. The lowest BCUT2D eigenvalue weighted by atomic mass is 10.1. The van der Waals surface area contributed by atoms with Crippen LogP contribution in [0, 0.1) is 0 Å². The molecule has 0 aromatic carbocycles. The molecule has 9 heteroatoms. The third-order valence-electron chi connectivity index (χ3n) is 4.17. The first-order valence-corrected chi connectivity index (χ1v) is 8.10. The van der Waals surface area contributed by atoms with Gasteiger partial charge in [-0.1, -0.05) is 6.92 Å². The molecule has 1 fully saturated rings. The first-order valence-electron chi connectivity index (χ1n) is 8.10. The van der Waals surface area contributed by atoms with Crippen molar-refractivity contribution in [3.8, 4) is 0 Å². The molecule has 0 radical (unpaired) electrons. The first-order chi connectivity index (χ1) is 12.0. The molecule has 3 heterocycles. The lowest BCUT2D eigenvalue weighted by Gasteiger charge is -2.35. The van der Waals surface area contributed by atoms with Crippen LogP contribution in [0.25, 0.3) is 0 Å². The SMILES string of the molecule is CCc1cc(C(=O)N2CCN(c3cc(=O)[nH]c(N)n3)CC2)cc(=O)[nH]1. The van der Waals surface area contributed by atoms with E-state index in [4.69, 9.17) is 5.73 Å². The lowest BCUT2D eigenvalue weighted by Crippen LogP contribution is -2.49. The number of aryl methyl sites for hydroxylation is 1. The maximum Gasteiger partial charge on any atom is 0.254 e. The van der Waals surface area contributed by atoms with Gasteiger partial charge in [-0.05, 0) is 12.5 Å². The third kappa shape index (κ3) is 3.70. The largest absolute Gasteiger partial charge is 0.369 e. The summed E-state index contributed by atoms with van der Waals surface area (Å²) in [5.74, 6) is 0.396. The number of anilines is 2. The van der Waals surface area contributed by atoms with Gasteiger partial charge in [0, 0.05) is 49.6 Å². The molecule has 4 N–H and O–H groups in total. The van der Waals surface area contributed by atoms with Crippen molar-refractivity contribution in [3.63, 3.8) is 0 Å². The maximum atomic E-state index is 12.6. The summed E-state index contributed by atoms with van der Waals surface area (Å²) in [4.78, 5) is 48.6. The smallest absolute Gasteiger partial charge is 0.254 e. The van der Waals surface area contributed by atoms with Crippen molar-refractivity contribution in [2.24, 2.45) is 0 Å². The van der Waals surface area contributed by atoms with Gasteiger partial charge in [-0.3, -0.25) is 19.4 Å². The fraction of sp³-hybridized carbons (Fsp3) is 0.375. The van der Waals surface area contributed by atoms with E-state index in [1.54, 1.807) is 11.0 Å². The monoisotopic (exact) mass is 344 g/mol. The number of pyridine rings is 1. The predicted molar refractivity (Wildman–Crippen MR) is 93.8 cm³/mol. The number of hydrogen-bond donors (Lipinski definition) is 3. The Morgan fingerprint density at radius 2 is 1.80 bits per heavy atom. The number of carbonyl (C=O) groups is 1. The zero-order chi connectivity index (χ0) is 18.0. The van der Waals surface area contributed by atoms with E-state index in [-0.39, 0.29) is 23.0 Å². The van der Waals surface area contributed by atoms with E-state index in [9.17, 15) is 14.4 Å². The van der Waals surface area contributed by atoms with E-state index < -0.39 is 0 Å². The standard InChI is InChI=1S/C16H20N6O3/c1-2-11-7-10(8-13(23)18-11)15(25)22-5-3-21(4-6-22)12-9-14(24)20-16(17)19-12/h7-9H,2-6H2,1H3,(H,18,23)(H3,17,19,20,24). The number of aromatic nitrogens is 3. The molecular formula is C16H20N6O3. The summed E-state index contributed by atoms with van der Waals surface area (Å²) in [5, 5.41) is 0. The number of H-pyrrole nitrogens is 2. The number of piperazine rings is 1. The Morgan fingerprint density at radius 1 is 1.12 bits per heavy atom. The van der Waals surface area contributed by atoms with Crippen molar-refractivity contribution >= 4 is 17.7 Å². The summed E-state index contributed by atoms with van der Waals surface area (Å²) in [6.07, 6.45) is 0.653. The summed E-state index contributed by atoms with van der Waals surface area (Å²) < 4.78 is 0. The number of aromatic amines is 2. The van der Waals surface area contributed by atoms with Crippen molar-refractivity contribution in [1.82, 2.24) is 19.9 Å². The van der Waals surface area contributed by atoms with E-state index >= 15 is 0 Å². The summed E-state index contributed by atoms with van der Waals surface area (Å²) >= 11 is 0. The summed E-state index contributed by atoms with van der Waals surface area (Å²) in [7, 11) is 0. The molecule has 0 unspecified atom stereocenters. The Kier molecular flexibility index (Phi) is 4.55. The van der Waals surface area contributed by atoms with Crippen LogP contribution in [-0.2, 0) is 6.42 Å². The van der Waals surface area contributed by atoms with E-state index in [2.05, 4.69) is 15.0 Å². The molecular weight excluding hydrogens is 324 g/mol. The zero-order valence-corrected chi connectivity index (χ0v) is 13.9. The van der Waals surface area contributed by atoms with Crippen molar-refractivity contribution in [1.29, 1.82) is 0 Å². The second kappa shape index (κ2) is 6.80. The number of carbonyl (C=O) groups excluding carboxylic acids is 1. The average molecular weight is 344 g/mol. The topological polar surface area (TPSA) is 128 Å². The Balaban J connectivity index is 1.71. The number of nitrogens with zero attached hydrogens (tertiary/aromatic N) is 3. The summed E-state index contributed by atoms with van der Waals surface area (Å²) in [5.41, 5.74) is 6.12. The van der Waals surface area contributed by atoms with E-state index in [1.165, 1.54) is 12.1 Å². The normalized spacial score (nSPS) is 14.6. The Morgan fingerprint density at radius 3 is 2.44 bits per heavy atom. The number of amides is 1. The molecule has 1 aliphatic heterocycles. The van der Waals surface area contributed by atoms with E-state index in [1.807, 2.05) is 11.8 Å². The molecule has 2 aromatic rings. The highest BCUT2D eigenvalue weighted by atomic mass is 16.2. The van der Waals surface area contributed by atoms with Crippen molar-refractivity contribution < 1.29 is 4.79 Å². The maximum absolute atomic E-state index is 12.6. The molecule has 0 aliphatic carbocycles. The van der Waals surface area contributed by atoms with Gasteiger partial charge < -0.3 is 20.5 Å². The molecule has 1 aliphatic rings. The Labute approximate surface area is 143 Å². The van der Waals surface area contributed by atoms with Crippen molar-refractivity contribution in [2.75, 3.05) is 36.8 Å². The van der Waals surface area contributed by atoms with Crippen LogP contribution < -0.4 is 21.8 Å². The Bertz CT molecular complexity index is 895. The molecule has 1 amide bonds. The summed E-state index contributed by atoms with van der Waals surface area (Å²) in [6.45, 7) is 3.93. The van der Waals surface area contributed by atoms with Crippen LogP contribution in [0.5, 0.6) is 0 Å². The van der Waals surface area contributed by atoms with Gasteiger partial charge in [0.25, 0.3) is 11.5 Å². The highest BCUT2D eigenvalue weighted by molar-refractivity contribution is 5.94. The van der Waals surface area contributed by atoms with Gasteiger partial charge in [0.2, 0.25) is 11.5 Å². The lowest BCUT2D eigenvalue weighted by molar-refractivity contribution is 0.0746. The van der Waals surface area contributed by atoms with E-state index in [0.717, 1.165) is 5.69 Å². The Hall–Kier alpha value is -3.10. The molecule has 0 spiro atoms. The van der Waals surface area contributed by atoms with Crippen LogP contribution in [0.2, 0.25) is 0 Å². The minimum Gasteiger partial charge on any atom is -0.369 e. The van der Waals surface area contributed by atoms with Crippen molar-refractivity contribution in [2.45, 2.75) is 13.3 Å². The average Bonchev–Trinajstić information content (AvgIpc) is 2.60. The highest BCUT2D eigenvalue weighted by Crippen LogP contribution is 2.14. The van der Waals surface area contributed by atoms with Crippen LogP contribution in [0.15, 0.2) is 27.8 Å². The zero-order valence-electron chi connectivity index (χ0n) is 13.9. The second-order valence-electron chi connectivity index (χ2n) is 5.88. The molecule has 0 atom stereocenters.